The summed E-state index contributed by atoms with van der Waals surface area (Å²) in [4.78, 5) is 30.7. The van der Waals surface area contributed by atoms with E-state index in [-0.39, 0.29) is 17.9 Å². The van der Waals surface area contributed by atoms with Crippen LogP contribution in [0, 0.1) is 5.92 Å². The van der Waals surface area contributed by atoms with Gasteiger partial charge in [-0.1, -0.05) is 18.0 Å². The van der Waals surface area contributed by atoms with E-state index in [1.54, 1.807) is 12.3 Å². The van der Waals surface area contributed by atoms with Gasteiger partial charge in [0.15, 0.2) is 0 Å². The van der Waals surface area contributed by atoms with Gasteiger partial charge in [-0.3, -0.25) is 14.6 Å². The van der Waals surface area contributed by atoms with Gasteiger partial charge in [0.2, 0.25) is 0 Å². The third-order valence-corrected chi connectivity index (χ3v) is 4.93. The summed E-state index contributed by atoms with van der Waals surface area (Å²) in [6, 6.07) is 1.71. The first-order valence-electron chi connectivity index (χ1n) is 7.61. The van der Waals surface area contributed by atoms with Crippen molar-refractivity contribution in [1.29, 1.82) is 0 Å². The molecule has 5 heteroatoms. The first-order chi connectivity index (χ1) is 10.2. The summed E-state index contributed by atoms with van der Waals surface area (Å²) in [6.45, 7) is 0.714. The summed E-state index contributed by atoms with van der Waals surface area (Å²) in [7, 11) is 0. The van der Waals surface area contributed by atoms with Crippen molar-refractivity contribution in [3.05, 3.63) is 29.0 Å². The molecule has 1 saturated heterocycles. The molecule has 1 aromatic rings. The predicted molar refractivity (Wildman–Crippen MR) is 80.3 cm³/mol. The smallest absolute Gasteiger partial charge is 0.255 e. The van der Waals surface area contributed by atoms with Crippen molar-refractivity contribution in [1.82, 2.24) is 9.88 Å². The monoisotopic (exact) mass is 306 g/mol. The Labute approximate surface area is 129 Å². The van der Waals surface area contributed by atoms with Crippen LogP contribution in [0.25, 0.3) is 0 Å². The Kier molecular flexibility index (Phi) is 4.24. The number of pyridine rings is 1. The molecule has 2 aliphatic rings. The SMILES string of the molecule is O=C1CCCCC1C1CCCN1C(=O)c1ccncc1Cl. The molecule has 1 aliphatic carbocycles. The van der Waals surface area contributed by atoms with Crippen LogP contribution in [0.4, 0.5) is 0 Å². The molecule has 0 spiro atoms. The van der Waals surface area contributed by atoms with Gasteiger partial charge in [0.05, 0.1) is 10.6 Å². The minimum atomic E-state index is -0.0664. The molecule has 1 saturated carbocycles. The summed E-state index contributed by atoms with van der Waals surface area (Å²) in [5.41, 5.74) is 0.488. The van der Waals surface area contributed by atoms with Gasteiger partial charge in [0, 0.05) is 37.3 Å². The average molecular weight is 307 g/mol. The summed E-state index contributed by atoms with van der Waals surface area (Å²) in [5, 5.41) is 0.378. The first kappa shape index (κ1) is 14.5. The molecule has 2 heterocycles. The Morgan fingerprint density at radius 2 is 2.14 bits per heavy atom. The third kappa shape index (κ3) is 2.82. The lowest BCUT2D eigenvalue weighted by Crippen LogP contribution is -2.43. The zero-order chi connectivity index (χ0) is 14.8. The number of carbonyl (C=O) groups is 2. The van der Waals surface area contributed by atoms with Gasteiger partial charge in [0.25, 0.3) is 5.91 Å². The van der Waals surface area contributed by atoms with Crippen molar-refractivity contribution in [2.24, 2.45) is 5.92 Å². The Morgan fingerprint density at radius 1 is 1.29 bits per heavy atom. The second kappa shape index (κ2) is 6.14. The molecule has 0 bridgehead atoms. The Hall–Kier alpha value is -1.42. The number of hydrogen-bond donors (Lipinski definition) is 0. The molecule has 2 unspecified atom stereocenters. The highest BCUT2D eigenvalue weighted by molar-refractivity contribution is 6.33. The molecule has 0 aromatic carbocycles. The minimum absolute atomic E-state index is 0.0193. The largest absolute Gasteiger partial charge is 0.335 e. The van der Waals surface area contributed by atoms with Crippen LogP contribution in [0.3, 0.4) is 0 Å². The second-order valence-corrected chi connectivity index (χ2v) is 6.29. The number of halogens is 1. The van der Waals surface area contributed by atoms with Crippen LogP contribution in [0.5, 0.6) is 0 Å². The van der Waals surface area contributed by atoms with Crippen molar-refractivity contribution < 1.29 is 9.59 Å². The van der Waals surface area contributed by atoms with Crippen molar-refractivity contribution in [3.63, 3.8) is 0 Å². The van der Waals surface area contributed by atoms with Crippen LogP contribution >= 0.6 is 11.6 Å². The second-order valence-electron chi connectivity index (χ2n) is 5.88. The maximum Gasteiger partial charge on any atom is 0.255 e. The van der Waals surface area contributed by atoms with Crippen molar-refractivity contribution >= 4 is 23.3 Å². The lowest BCUT2D eigenvalue weighted by Gasteiger charge is -2.33. The summed E-state index contributed by atoms with van der Waals surface area (Å²) >= 11 is 6.08. The molecule has 112 valence electrons. The van der Waals surface area contributed by atoms with Gasteiger partial charge >= 0.3 is 0 Å². The third-order valence-electron chi connectivity index (χ3n) is 4.63. The molecule has 0 N–H and O–H groups in total. The van der Waals surface area contributed by atoms with Gasteiger partial charge in [-0.15, -0.1) is 0 Å². The highest BCUT2D eigenvalue weighted by atomic mass is 35.5. The molecule has 3 rings (SSSR count). The van der Waals surface area contributed by atoms with E-state index in [1.807, 2.05) is 4.90 Å². The van der Waals surface area contributed by atoms with Crippen molar-refractivity contribution in [2.45, 2.75) is 44.6 Å². The van der Waals surface area contributed by atoms with Crippen LogP contribution < -0.4 is 0 Å². The lowest BCUT2D eigenvalue weighted by molar-refractivity contribution is -0.126. The maximum absolute atomic E-state index is 12.7. The van der Waals surface area contributed by atoms with Crippen molar-refractivity contribution in [2.75, 3.05) is 6.54 Å². The van der Waals surface area contributed by atoms with E-state index >= 15 is 0 Å². The molecule has 2 fully saturated rings. The van der Waals surface area contributed by atoms with E-state index in [4.69, 9.17) is 11.6 Å². The fourth-order valence-corrected chi connectivity index (χ4v) is 3.78. The zero-order valence-corrected chi connectivity index (χ0v) is 12.7. The Morgan fingerprint density at radius 3 is 2.90 bits per heavy atom. The summed E-state index contributed by atoms with van der Waals surface area (Å²) < 4.78 is 0. The summed E-state index contributed by atoms with van der Waals surface area (Å²) in [5.74, 6) is 0.279. The van der Waals surface area contributed by atoms with Crippen LogP contribution in [0.15, 0.2) is 18.5 Å². The number of amides is 1. The average Bonchev–Trinajstić information content (AvgIpc) is 2.97. The van der Waals surface area contributed by atoms with E-state index in [0.717, 1.165) is 32.1 Å². The number of likely N-dealkylation sites (tertiary alicyclic amines) is 1. The molecule has 1 aromatic heterocycles. The first-order valence-corrected chi connectivity index (χ1v) is 7.99. The quantitative estimate of drug-likeness (QED) is 0.843. The number of carbonyl (C=O) groups excluding carboxylic acids is 2. The fourth-order valence-electron chi connectivity index (χ4n) is 3.58. The van der Waals surface area contributed by atoms with Crippen LogP contribution in [0.1, 0.15) is 48.9 Å². The van der Waals surface area contributed by atoms with Crippen molar-refractivity contribution in [3.8, 4) is 0 Å². The molecule has 2 atom stereocenters. The van der Waals surface area contributed by atoms with E-state index < -0.39 is 0 Å². The number of ketones is 1. The zero-order valence-electron chi connectivity index (χ0n) is 11.9. The number of Topliss-reactive ketones (excluding diaryl/α,β-unsaturated/α-hetero) is 1. The highest BCUT2D eigenvalue weighted by Gasteiger charge is 2.39. The number of hydrogen-bond acceptors (Lipinski definition) is 3. The predicted octanol–water partition coefficient (Wildman–Crippen LogP) is 3.10. The standard InChI is InChI=1S/C16H19ClN2O2/c17-13-10-18-8-7-11(13)16(21)19-9-3-5-14(19)12-4-1-2-6-15(12)20/h7-8,10,12,14H,1-6,9H2. The molecular formula is C16H19ClN2O2. The van der Waals surface area contributed by atoms with Gasteiger partial charge in [-0.2, -0.15) is 0 Å². The fraction of sp³-hybridized carbons (Fsp3) is 0.562. The van der Waals surface area contributed by atoms with E-state index in [2.05, 4.69) is 4.98 Å². The van der Waals surface area contributed by atoms with Crippen LogP contribution in [-0.2, 0) is 4.79 Å². The maximum atomic E-state index is 12.7. The minimum Gasteiger partial charge on any atom is -0.335 e. The molecular weight excluding hydrogens is 288 g/mol. The topological polar surface area (TPSA) is 50.3 Å². The number of rotatable bonds is 2. The molecule has 1 amide bonds. The van der Waals surface area contributed by atoms with E-state index in [9.17, 15) is 9.59 Å². The van der Waals surface area contributed by atoms with E-state index in [1.165, 1.54) is 6.20 Å². The normalized spacial score (nSPS) is 26.1. The van der Waals surface area contributed by atoms with Gasteiger partial charge < -0.3 is 4.90 Å². The van der Waals surface area contributed by atoms with Gasteiger partial charge in [-0.25, -0.2) is 0 Å². The molecule has 0 radical (unpaired) electrons. The van der Waals surface area contributed by atoms with Crippen LogP contribution in [0.2, 0.25) is 5.02 Å². The van der Waals surface area contributed by atoms with Crippen LogP contribution in [-0.4, -0.2) is 34.2 Å². The van der Waals surface area contributed by atoms with Gasteiger partial charge in [-0.05, 0) is 31.7 Å². The Balaban J connectivity index is 1.82. The molecule has 21 heavy (non-hydrogen) atoms. The van der Waals surface area contributed by atoms with E-state index in [0.29, 0.717) is 29.3 Å². The lowest BCUT2D eigenvalue weighted by atomic mass is 9.81. The Bertz CT molecular complexity index is 561. The number of aromatic nitrogens is 1. The summed E-state index contributed by atoms with van der Waals surface area (Å²) in [6.07, 6.45) is 8.61. The molecule has 4 nitrogen and oxygen atoms in total. The molecule has 1 aliphatic heterocycles. The number of nitrogens with zero attached hydrogens (tertiary/aromatic N) is 2. The van der Waals surface area contributed by atoms with Gasteiger partial charge in [0.1, 0.15) is 5.78 Å². The highest BCUT2D eigenvalue weighted by Crippen LogP contribution is 2.33.